The maximum atomic E-state index is 12.6. The number of hydrogen-bond acceptors (Lipinski definition) is 4. The van der Waals surface area contributed by atoms with Crippen LogP contribution in [-0.4, -0.2) is 26.2 Å². The van der Waals surface area contributed by atoms with Gasteiger partial charge in [0.2, 0.25) is 0 Å². The summed E-state index contributed by atoms with van der Waals surface area (Å²) in [5.41, 5.74) is 4.37. The van der Waals surface area contributed by atoms with Crippen LogP contribution in [0.3, 0.4) is 0 Å². The quantitative estimate of drug-likeness (QED) is 0.786. The Hall–Kier alpha value is -2.62. The Morgan fingerprint density at radius 2 is 1.04 bits per heavy atom. The molecule has 0 saturated heterocycles. The van der Waals surface area contributed by atoms with Crippen LogP contribution in [0.2, 0.25) is 0 Å². The number of aryl methyl sites for hydroxylation is 2. The van der Waals surface area contributed by atoms with E-state index < -0.39 is 11.8 Å². The van der Waals surface area contributed by atoms with E-state index in [0.717, 1.165) is 22.3 Å². The van der Waals surface area contributed by atoms with E-state index in [1.807, 2.05) is 62.4 Å². The molecule has 4 nitrogen and oxygen atoms in total. The van der Waals surface area contributed by atoms with E-state index in [0.29, 0.717) is 0 Å². The van der Waals surface area contributed by atoms with Gasteiger partial charge in [-0.1, -0.05) is 48.5 Å². The van der Waals surface area contributed by atoms with Crippen LogP contribution in [0.15, 0.2) is 48.5 Å². The topological polar surface area (TPSA) is 52.6 Å². The standard InChI is InChI=1S/C22H24O4/c1-13-9-5-7-11-15(13)17-18(16-12-8-6-10-14(16)2)20(22(24)26-4)19(17)21(23)25-3/h5-12,17-20H,1-4H3/t17-,18+,19+,20-. The lowest BCUT2D eigenvalue weighted by Crippen LogP contribution is -2.52. The zero-order chi connectivity index (χ0) is 18.8. The lowest BCUT2D eigenvalue weighted by Gasteiger charge is -2.50. The summed E-state index contributed by atoms with van der Waals surface area (Å²) in [6.45, 7) is 4.06. The summed E-state index contributed by atoms with van der Waals surface area (Å²) in [5.74, 6) is -2.05. The van der Waals surface area contributed by atoms with Gasteiger partial charge in [0, 0.05) is 11.8 Å². The molecular weight excluding hydrogens is 328 g/mol. The van der Waals surface area contributed by atoms with Crippen LogP contribution < -0.4 is 0 Å². The number of hydrogen-bond donors (Lipinski definition) is 0. The average molecular weight is 352 g/mol. The first kappa shape index (κ1) is 18.2. The molecule has 3 rings (SSSR count). The van der Waals surface area contributed by atoms with Gasteiger partial charge in [-0.05, 0) is 36.1 Å². The number of esters is 2. The number of methoxy groups -OCH3 is 2. The van der Waals surface area contributed by atoms with Crippen molar-refractivity contribution in [1.82, 2.24) is 0 Å². The fraction of sp³-hybridized carbons (Fsp3) is 0.364. The largest absolute Gasteiger partial charge is 0.469 e. The third-order valence-electron chi connectivity index (χ3n) is 5.59. The van der Waals surface area contributed by atoms with Gasteiger partial charge >= 0.3 is 11.9 Å². The predicted molar refractivity (Wildman–Crippen MR) is 98.9 cm³/mol. The van der Waals surface area contributed by atoms with Crippen LogP contribution in [0, 0.1) is 25.7 Å². The molecule has 4 heteroatoms. The van der Waals surface area contributed by atoms with Gasteiger partial charge in [-0.3, -0.25) is 9.59 Å². The molecule has 4 atom stereocenters. The van der Waals surface area contributed by atoms with Gasteiger partial charge in [-0.15, -0.1) is 0 Å². The first-order valence-electron chi connectivity index (χ1n) is 8.78. The number of ether oxygens (including phenoxy) is 2. The van der Waals surface area contributed by atoms with Crippen LogP contribution in [0.25, 0.3) is 0 Å². The molecule has 0 spiro atoms. The minimum Gasteiger partial charge on any atom is -0.469 e. The van der Waals surface area contributed by atoms with Crippen molar-refractivity contribution >= 4 is 11.9 Å². The van der Waals surface area contributed by atoms with Crippen molar-refractivity contribution in [3.63, 3.8) is 0 Å². The third-order valence-corrected chi connectivity index (χ3v) is 5.59. The highest BCUT2D eigenvalue weighted by Gasteiger charge is 2.59. The Kier molecular flexibility index (Phi) is 5.12. The fourth-order valence-corrected chi connectivity index (χ4v) is 4.30. The van der Waals surface area contributed by atoms with E-state index in [1.54, 1.807) is 0 Å². The number of rotatable bonds is 4. The van der Waals surface area contributed by atoms with Crippen LogP contribution in [0.1, 0.15) is 34.1 Å². The molecule has 0 aliphatic heterocycles. The number of benzene rings is 2. The Morgan fingerprint density at radius 1 is 0.692 bits per heavy atom. The van der Waals surface area contributed by atoms with Crippen molar-refractivity contribution in [2.24, 2.45) is 11.8 Å². The molecule has 0 amide bonds. The maximum Gasteiger partial charge on any atom is 0.310 e. The van der Waals surface area contributed by atoms with E-state index in [2.05, 4.69) is 0 Å². The Labute approximate surface area is 154 Å². The molecular formula is C22H24O4. The van der Waals surface area contributed by atoms with Gasteiger partial charge in [-0.25, -0.2) is 0 Å². The molecule has 1 aliphatic rings. The minimum atomic E-state index is -0.543. The first-order chi connectivity index (χ1) is 12.5. The molecule has 1 fully saturated rings. The van der Waals surface area contributed by atoms with Gasteiger partial charge in [0.05, 0.1) is 26.1 Å². The highest BCUT2D eigenvalue weighted by molar-refractivity contribution is 5.87. The Balaban J connectivity index is 2.15. The lowest BCUT2D eigenvalue weighted by atomic mass is 9.51. The second-order valence-corrected chi connectivity index (χ2v) is 6.86. The smallest absolute Gasteiger partial charge is 0.310 e. The molecule has 0 N–H and O–H groups in total. The van der Waals surface area contributed by atoms with E-state index >= 15 is 0 Å². The van der Waals surface area contributed by atoms with E-state index in [1.165, 1.54) is 14.2 Å². The molecule has 0 unspecified atom stereocenters. The van der Waals surface area contributed by atoms with Gasteiger partial charge in [0.1, 0.15) is 0 Å². The lowest BCUT2D eigenvalue weighted by molar-refractivity contribution is -0.168. The Morgan fingerprint density at radius 3 is 1.35 bits per heavy atom. The van der Waals surface area contributed by atoms with Crippen LogP contribution in [-0.2, 0) is 19.1 Å². The average Bonchev–Trinajstić information content (AvgIpc) is 2.63. The number of carbonyl (C=O) groups is 2. The van der Waals surface area contributed by atoms with Crippen molar-refractivity contribution in [2.45, 2.75) is 25.7 Å². The van der Waals surface area contributed by atoms with E-state index in [9.17, 15) is 9.59 Å². The van der Waals surface area contributed by atoms with Crippen LogP contribution in [0.5, 0.6) is 0 Å². The summed E-state index contributed by atoms with van der Waals surface area (Å²) in [6.07, 6.45) is 0. The molecule has 26 heavy (non-hydrogen) atoms. The van der Waals surface area contributed by atoms with Crippen molar-refractivity contribution in [1.29, 1.82) is 0 Å². The van der Waals surface area contributed by atoms with Crippen LogP contribution in [0.4, 0.5) is 0 Å². The van der Waals surface area contributed by atoms with Crippen molar-refractivity contribution in [3.8, 4) is 0 Å². The normalized spacial score (nSPS) is 24.5. The van der Waals surface area contributed by atoms with E-state index in [4.69, 9.17) is 9.47 Å². The molecule has 0 bridgehead atoms. The summed E-state index contributed by atoms with van der Waals surface area (Å²) in [4.78, 5) is 25.1. The molecule has 0 aromatic heterocycles. The summed E-state index contributed by atoms with van der Waals surface area (Å²) >= 11 is 0. The second-order valence-electron chi connectivity index (χ2n) is 6.86. The van der Waals surface area contributed by atoms with Crippen molar-refractivity contribution in [3.05, 3.63) is 70.8 Å². The zero-order valence-corrected chi connectivity index (χ0v) is 15.6. The second kappa shape index (κ2) is 7.32. The molecule has 1 aliphatic carbocycles. The first-order valence-corrected chi connectivity index (χ1v) is 8.78. The molecule has 2 aromatic rings. The van der Waals surface area contributed by atoms with Gasteiger partial charge in [-0.2, -0.15) is 0 Å². The highest BCUT2D eigenvalue weighted by Crippen LogP contribution is 2.59. The third kappa shape index (κ3) is 2.90. The summed E-state index contributed by atoms with van der Waals surface area (Å²) in [7, 11) is 2.74. The molecule has 2 aromatic carbocycles. The molecule has 136 valence electrons. The zero-order valence-electron chi connectivity index (χ0n) is 15.6. The summed E-state index contributed by atoms with van der Waals surface area (Å²) < 4.78 is 10.1. The fourth-order valence-electron chi connectivity index (χ4n) is 4.30. The molecule has 0 radical (unpaired) electrons. The Bertz CT molecular complexity index is 757. The predicted octanol–water partition coefficient (Wildman–Crippen LogP) is 3.76. The molecule has 0 heterocycles. The monoisotopic (exact) mass is 352 g/mol. The highest BCUT2D eigenvalue weighted by atomic mass is 16.5. The molecule has 1 saturated carbocycles. The van der Waals surface area contributed by atoms with Gasteiger partial charge in [0.25, 0.3) is 0 Å². The minimum absolute atomic E-state index is 0.117. The summed E-state index contributed by atoms with van der Waals surface area (Å²) in [5, 5.41) is 0. The van der Waals surface area contributed by atoms with Crippen molar-refractivity contribution < 1.29 is 19.1 Å². The van der Waals surface area contributed by atoms with Gasteiger partial charge in [0.15, 0.2) is 0 Å². The summed E-state index contributed by atoms with van der Waals surface area (Å²) in [6, 6.07) is 16.0. The van der Waals surface area contributed by atoms with Crippen molar-refractivity contribution in [2.75, 3.05) is 14.2 Å². The maximum absolute atomic E-state index is 12.6. The number of carbonyl (C=O) groups excluding carboxylic acids is 2. The van der Waals surface area contributed by atoms with Crippen LogP contribution >= 0.6 is 0 Å². The van der Waals surface area contributed by atoms with E-state index in [-0.39, 0.29) is 23.8 Å². The van der Waals surface area contributed by atoms with Gasteiger partial charge < -0.3 is 9.47 Å². The SMILES string of the molecule is COC(=O)[C@@H]1[C@H](C(=O)OC)[C@@H](c2ccccc2C)[C@H]1c1ccccc1C.